The zero-order valence-electron chi connectivity index (χ0n) is 17.7. The van der Waals surface area contributed by atoms with Crippen molar-refractivity contribution in [1.82, 2.24) is 4.90 Å². The highest BCUT2D eigenvalue weighted by Crippen LogP contribution is 2.37. The molecule has 31 heavy (non-hydrogen) atoms. The maximum absolute atomic E-state index is 13.4. The molecule has 8 nitrogen and oxygen atoms in total. The topological polar surface area (TPSA) is 97.5 Å². The standard InChI is InChI=1S/C23H26N4O4/c1-30-20-11-10-15(13-21(20)31-2)18-9-6-12-26(18)23(29)17-14-19(22(24)28)27(25-17)16-7-4-3-5-8-16/h3-5,7-8,10-11,13,18-19H,6,9,12,14H2,1-2H3,(H2,24,28)/t18-,19-/m1/s1. The van der Waals surface area contributed by atoms with Crippen molar-refractivity contribution in [2.45, 2.75) is 31.3 Å². The molecule has 8 heteroatoms. The molecule has 0 bridgehead atoms. The number of hydrazone groups is 1. The van der Waals surface area contributed by atoms with Crippen molar-refractivity contribution >= 4 is 23.2 Å². The first-order chi connectivity index (χ1) is 15.0. The highest BCUT2D eigenvalue weighted by atomic mass is 16.5. The lowest BCUT2D eigenvalue weighted by molar-refractivity contribution is -0.125. The Labute approximate surface area is 181 Å². The molecule has 2 heterocycles. The molecule has 4 rings (SSSR count). The summed E-state index contributed by atoms with van der Waals surface area (Å²) in [7, 11) is 3.18. The van der Waals surface area contributed by atoms with Gasteiger partial charge in [0, 0.05) is 13.0 Å². The van der Waals surface area contributed by atoms with E-state index in [0.29, 0.717) is 23.8 Å². The van der Waals surface area contributed by atoms with Gasteiger partial charge in [-0.05, 0) is 42.7 Å². The van der Waals surface area contributed by atoms with Crippen molar-refractivity contribution in [3.8, 4) is 11.5 Å². The molecular weight excluding hydrogens is 396 g/mol. The Bertz CT molecular complexity index is 1010. The molecule has 0 radical (unpaired) electrons. The fourth-order valence-corrected chi connectivity index (χ4v) is 4.26. The number of anilines is 1. The molecule has 2 aromatic rings. The molecule has 0 spiro atoms. The maximum atomic E-state index is 13.4. The van der Waals surface area contributed by atoms with Gasteiger partial charge in [-0.25, -0.2) is 0 Å². The van der Waals surface area contributed by atoms with Gasteiger partial charge in [0.25, 0.3) is 5.91 Å². The van der Waals surface area contributed by atoms with E-state index in [-0.39, 0.29) is 18.4 Å². The molecule has 2 atom stereocenters. The molecule has 2 aliphatic heterocycles. The molecule has 1 saturated heterocycles. The van der Waals surface area contributed by atoms with E-state index in [9.17, 15) is 9.59 Å². The number of methoxy groups -OCH3 is 2. The number of hydrogen-bond acceptors (Lipinski definition) is 6. The smallest absolute Gasteiger partial charge is 0.270 e. The Balaban J connectivity index is 1.60. The van der Waals surface area contributed by atoms with Crippen molar-refractivity contribution in [3.05, 3.63) is 54.1 Å². The largest absolute Gasteiger partial charge is 0.493 e. The summed E-state index contributed by atoms with van der Waals surface area (Å²) in [6.07, 6.45) is 1.92. The van der Waals surface area contributed by atoms with Gasteiger partial charge in [-0.2, -0.15) is 5.10 Å². The highest BCUT2D eigenvalue weighted by Gasteiger charge is 2.39. The summed E-state index contributed by atoms with van der Waals surface area (Å²) >= 11 is 0. The summed E-state index contributed by atoms with van der Waals surface area (Å²) in [4.78, 5) is 27.3. The zero-order valence-corrected chi connectivity index (χ0v) is 17.7. The SMILES string of the molecule is COc1ccc([C@H]2CCCN2C(=O)C2=NN(c3ccccc3)[C@@H](C(N)=O)C2)cc1OC. The second-order valence-electron chi connectivity index (χ2n) is 7.62. The molecule has 0 saturated carbocycles. The van der Waals surface area contributed by atoms with Crippen LogP contribution >= 0.6 is 0 Å². The Morgan fingerprint density at radius 2 is 1.81 bits per heavy atom. The number of carbonyl (C=O) groups is 2. The Hall–Kier alpha value is -3.55. The van der Waals surface area contributed by atoms with Gasteiger partial charge >= 0.3 is 0 Å². The lowest BCUT2D eigenvalue weighted by Crippen LogP contribution is -2.40. The monoisotopic (exact) mass is 422 g/mol. The van der Waals surface area contributed by atoms with Gasteiger partial charge in [-0.1, -0.05) is 24.3 Å². The molecular formula is C23H26N4O4. The number of amides is 2. The minimum absolute atomic E-state index is 0.0900. The predicted octanol–water partition coefficient (Wildman–Crippen LogP) is 2.49. The van der Waals surface area contributed by atoms with Gasteiger partial charge in [0.1, 0.15) is 11.8 Å². The molecule has 0 unspecified atom stereocenters. The summed E-state index contributed by atoms with van der Waals surface area (Å²) in [6, 6.07) is 14.2. The van der Waals surface area contributed by atoms with E-state index >= 15 is 0 Å². The van der Waals surface area contributed by atoms with E-state index in [1.807, 2.05) is 53.4 Å². The first kappa shape index (κ1) is 20.7. The van der Waals surface area contributed by atoms with Crippen LogP contribution in [0.5, 0.6) is 11.5 Å². The number of ether oxygens (including phenoxy) is 2. The normalized spacial score (nSPS) is 20.5. The molecule has 2 amide bonds. The quantitative estimate of drug-likeness (QED) is 0.771. The van der Waals surface area contributed by atoms with E-state index in [0.717, 1.165) is 24.1 Å². The van der Waals surface area contributed by atoms with Crippen LogP contribution in [0.25, 0.3) is 0 Å². The summed E-state index contributed by atoms with van der Waals surface area (Å²) in [5, 5.41) is 6.06. The number of carbonyl (C=O) groups excluding carboxylic acids is 2. The van der Waals surface area contributed by atoms with Gasteiger partial charge in [0.2, 0.25) is 5.91 Å². The summed E-state index contributed by atoms with van der Waals surface area (Å²) in [5.74, 6) is 0.599. The third kappa shape index (κ3) is 3.93. The zero-order chi connectivity index (χ0) is 22.0. The molecule has 2 aromatic carbocycles. The van der Waals surface area contributed by atoms with E-state index in [4.69, 9.17) is 15.2 Å². The third-order valence-corrected chi connectivity index (χ3v) is 5.81. The third-order valence-electron chi connectivity index (χ3n) is 5.81. The van der Waals surface area contributed by atoms with E-state index in [2.05, 4.69) is 5.10 Å². The number of nitrogens with zero attached hydrogens (tertiary/aromatic N) is 3. The minimum atomic E-state index is -0.677. The first-order valence-electron chi connectivity index (χ1n) is 10.3. The number of rotatable bonds is 6. The summed E-state index contributed by atoms with van der Waals surface area (Å²) < 4.78 is 10.7. The van der Waals surface area contributed by atoms with E-state index in [1.165, 1.54) is 0 Å². The van der Waals surface area contributed by atoms with Crippen LogP contribution in [-0.4, -0.2) is 49.2 Å². The van der Waals surface area contributed by atoms with Crippen molar-refractivity contribution in [1.29, 1.82) is 0 Å². The molecule has 2 N–H and O–H groups in total. The van der Waals surface area contributed by atoms with Crippen molar-refractivity contribution in [3.63, 3.8) is 0 Å². The van der Waals surface area contributed by atoms with Crippen LogP contribution in [0.1, 0.15) is 30.9 Å². The second-order valence-corrected chi connectivity index (χ2v) is 7.62. The lowest BCUT2D eigenvalue weighted by atomic mass is 10.0. The predicted molar refractivity (Wildman–Crippen MR) is 117 cm³/mol. The summed E-state index contributed by atoms with van der Waals surface area (Å²) in [5.41, 5.74) is 7.67. The number of primary amides is 1. The van der Waals surface area contributed by atoms with Gasteiger partial charge in [0.05, 0.1) is 25.9 Å². The van der Waals surface area contributed by atoms with Gasteiger partial charge in [-0.3, -0.25) is 14.6 Å². The number of hydrogen-bond donors (Lipinski definition) is 1. The fourth-order valence-electron chi connectivity index (χ4n) is 4.26. The first-order valence-corrected chi connectivity index (χ1v) is 10.3. The van der Waals surface area contributed by atoms with Crippen LogP contribution in [0.3, 0.4) is 0 Å². The Kier molecular flexibility index (Phi) is 5.79. The highest BCUT2D eigenvalue weighted by molar-refractivity contribution is 6.40. The van der Waals surface area contributed by atoms with Crippen molar-refractivity contribution in [2.75, 3.05) is 25.8 Å². The fraction of sp³-hybridized carbons (Fsp3) is 0.348. The Morgan fingerprint density at radius 3 is 2.48 bits per heavy atom. The lowest BCUT2D eigenvalue weighted by Gasteiger charge is -2.25. The van der Waals surface area contributed by atoms with Crippen LogP contribution in [-0.2, 0) is 9.59 Å². The van der Waals surface area contributed by atoms with Crippen LogP contribution in [0, 0.1) is 0 Å². The average molecular weight is 422 g/mol. The number of para-hydroxylation sites is 1. The van der Waals surface area contributed by atoms with Crippen molar-refractivity contribution < 1.29 is 19.1 Å². The number of nitrogens with two attached hydrogens (primary N) is 1. The van der Waals surface area contributed by atoms with Crippen molar-refractivity contribution in [2.24, 2.45) is 10.8 Å². The number of benzene rings is 2. The van der Waals surface area contributed by atoms with Crippen LogP contribution < -0.4 is 20.2 Å². The van der Waals surface area contributed by atoms with Gasteiger partial charge < -0.3 is 20.1 Å². The molecule has 2 aliphatic rings. The maximum Gasteiger partial charge on any atom is 0.270 e. The van der Waals surface area contributed by atoms with Crippen LogP contribution in [0.15, 0.2) is 53.6 Å². The average Bonchev–Trinajstić information content (AvgIpc) is 3.46. The number of likely N-dealkylation sites (tertiary alicyclic amines) is 1. The minimum Gasteiger partial charge on any atom is -0.493 e. The van der Waals surface area contributed by atoms with Gasteiger partial charge in [0.15, 0.2) is 11.5 Å². The van der Waals surface area contributed by atoms with E-state index in [1.54, 1.807) is 19.2 Å². The molecule has 0 aliphatic carbocycles. The van der Waals surface area contributed by atoms with E-state index < -0.39 is 11.9 Å². The molecule has 1 fully saturated rings. The Morgan fingerprint density at radius 1 is 1.06 bits per heavy atom. The molecule has 162 valence electrons. The second kappa shape index (κ2) is 8.67. The van der Waals surface area contributed by atoms with Crippen LogP contribution in [0.2, 0.25) is 0 Å². The van der Waals surface area contributed by atoms with Gasteiger partial charge in [-0.15, -0.1) is 0 Å². The summed E-state index contributed by atoms with van der Waals surface area (Å²) in [6.45, 7) is 0.628. The molecule has 0 aromatic heterocycles. The van der Waals surface area contributed by atoms with Crippen LogP contribution in [0.4, 0.5) is 5.69 Å².